The van der Waals surface area contributed by atoms with Crippen LogP contribution >= 0.6 is 0 Å². The van der Waals surface area contributed by atoms with Crippen molar-refractivity contribution >= 4 is 17.9 Å². The molecule has 1 aliphatic rings. The molecule has 2 rings (SSSR count). The Hall–Kier alpha value is -2.57. The summed E-state index contributed by atoms with van der Waals surface area (Å²) in [5.74, 6) is 0.233. The zero-order valence-electron chi connectivity index (χ0n) is 18.5. The number of hydrogen-bond acceptors (Lipinski definition) is 4. The van der Waals surface area contributed by atoms with Crippen molar-refractivity contribution in [3.63, 3.8) is 0 Å². The molecule has 0 saturated carbocycles. The largest absolute Gasteiger partial charge is 0.444 e. The van der Waals surface area contributed by atoms with E-state index in [-0.39, 0.29) is 11.8 Å². The molecule has 0 aliphatic carbocycles. The molecule has 0 bridgehead atoms. The summed E-state index contributed by atoms with van der Waals surface area (Å²) in [5.41, 5.74) is 0.723. The van der Waals surface area contributed by atoms with Gasteiger partial charge in [-0.2, -0.15) is 0 Å². The second kappa shape index (κ2) is 11.6. The number of aryl methyl sites for hydroxylation is 1. The van der Waals surface area contributed by atoms with Crippen LogP contribution in [0.4, 0.5) is 4.79 Å². The fraction of sp³-hybridized carbons (Fsp3) is 0.609. The van der Waals surface area contributed by atoms with Crippen LogP contribution in [0.5, 0.6) is 0 Å². The number of benzene rings is 1. The topological polar surface area (TPSA) is 79.0 Å². The standard InChI is InChI=1S/C23H35N3O4/c1-23(2,3)30-22(29)24-14-8-13-21(28)26-17-15-25(16-18-26)20(27)12-7-11-19-9-5-4-6-10-19/h4-6,9-10H,7-8,11-18H2,1-3H3,(H,24,29). The van der Waals surface area contributed by atoms with Crippen molar-refractivity contribution in [2.45, 2.75) is 58.5 Å². The van der Waals surface area contributed by atoms with Crippen LogP contribution in [0, 0.1) is 0 Å². The summed E-state index contributed by atoms with van der Waals surface area (Å²) in [6.45, 7) is 8.15. The van der Waals surface area contributed by atoms with Crippen molar-refractivity contribution in [3.05, 3.63) is 35.9 Å². The molecule has 1 aromatic carbocycles. The number of ether oxygens (including phenoxy) is 1. The quantitative estimate of drug-likeness (QED) is 0.660. The van der Waals surface area contributed by atoms with E-state index >= 15 is 0 Å². The predicted octanol–water partition coefficient (Wildman–Crippen LogP) is 2.99. The molecule has 1 aliphatic heterocycles. The van der Waals surface area contributed by atoms with E-state index in [9.17, 15) is 14.4 Å². The fourth-order valence-corrected chi connectivity index (χ4v) is 3.35. The second-order valence-electron chi connectivity index (χ2n) is 8.63. The van der Waals surface area contributed by atoms with Crippen molar-refractivity contribution in [2.24, 2.45) is 0 Å². The maximum Gasteiger partial charge on any atom is 0.407 e. The highest BCUT2D eigenvalue weighted by Gasteiger charge is 2.23. The molecule has 1 saturated heterocycles. The van der Waals surface area contributed by atoms with Gasteiger partial charge < -0.3 is 19.9 Å². The molecule has 0 atom stereocenters. The summed E-state index contributed by atoms with van der Waals surface area (Å²) < 4.78 is 5.17. The Labute approximate surface area is 179 Å². The molecule has 0 radical (unpaired) electrons. The van der Waals surface area contributed by atoms with Gasteiger partial charge in [0.15, 0.2) is 0 Å². The summed E-state index contributed by atoms with van der Waals surface area (Å²) in [7, 11) is 0. The van der Waals surface area contributed by atoms with E-state index in [1.165, 1.54) is 5.56 Å². The van der Waals surface area contributed by atoms with Crippen LogP contribution in [0.25, 0.3) is 0 Å². The average Bonchev–Trinajstić information content (AvgIpc) is 2.70. The van der Waals surface area contributed by atoms with Crippen LogP contribution in [-0.2, 0) is 20.7 Å². The van der Waals surface area contributed by atoms with E-state index in [4.69, 9.17) is 4.74 Å². The molecule has 3 amide bonds. The molecule has 30 heavy (non-hydrogen) atoms. The highest BCUT2D eigenvalue weighted by molar-refractivity contribution is 5.78. The predicted molar refractivity (Wildman–Crippen MR) is 116 cm³/mol. The third kappa shape index (κ3) is 8.84. The van der Waals surface area contributed by atoms with E-state index in [0.717, 1.165) is 12.8 Å². The number of nitrogens with one attached hydrogen (secondary N) is 1. The minimum Gasteiger partial charge on any atom is -0.444 e. The summed E-state index contributed by atoms with van der Waals surface area (Å²) >= 11 is 0. The van der Waals surface area contributed by atoms with Gasteiger partial charge in [0.1, 0.15) is 5.60 Å². The Morgan fingerprint density at radius 2 is 1.43 bits per heavy atom. The van der Waals surface area contributed by atoms with Crippen molar-refractivity contribution in [3.8, 4) is 0 Å². The Morgan fingerprint density at radius 1 is 0.900 bits per heavy atom. The van der Waals surface area contributed by atoms with Crippen LogP contribution in [0.15, 0.2) is 30.3 Å². The molecule has 0 spiro atoms. The average molecular weight is 418 g/mol. The number of piperazine rings is 1. The lowest BCUT2D eigenvalue weighted by Gasteiger charge is -2.35. The van der Waals surface area contributed by atoms with Gasteiger partial charge >= 0.3 is 6.09 Å². The molecule has 7 heteroatoms. The number of hydrogen-bond donors (Lipinski definition) is 1. The Balaban J connectivity index is 1.58. The van der Waals surface area contributed by atoms with Gasteiger partial charge in [-0.05, 0) is 45.6 Å². The van der Waals surface area contributed by atoms with Gasteiger partial charge in [0.05, 0.1) is 0 Å². The Bertz CT molecular complexity index is 692. The third-order valence-corrected chi connectivity index (χ3v) is 4.92. The maximum atomic E-state index is 12.4. The van der Waals surface area contributed by atoms with Gasteiger partial charge in [0, 0.05) is 45.6 Å². The van der Waals surface area contributed by atoms with E-state index in [1.807, 2.05) is 43.9 Å². The van der Waals surface area contributed by atoms with Gasteiger partial charge in [-0.25, -0.2) is 4.79 Å². The second-order valence-corrected chi connectivity index (χ2v) is 8.63. The highest BCUT2D eigenvalue weighted by Crippen LogP contribution is 2.10. The van der Waals surface area contributed by atoms with Crippen LogP contribution in [0.2, 0.25) is 0 Å². The summed E-state index contributed by atoms with van der Waals surface area (Å²) in [5, 5.41) is 2.67. The summed E-state index contributed by atoms with van der Waals surface area (Å²) in [6.07, 6.45) is 2.76. The molecule has 1 fully saturated rings. The highest BCUT2D eigenvalue weighted by atomic mass is 16.6. The van der Waals surface area contributed by atoms with Crippen LogP contribution in [-0.4, -0.2) is 66.0 Å². The molecular formula is C23H35N3O4. The Kier molecular flexibility index (Phi) is 9.15. The molecule has 1 N–H and O–H groups in total. The minimum atomic E-state index is -0.529. The summed E-state index contributed by atoms with van der Waals surface area (Å²) in [6, 6.07) is 10.2. The molecular weight excluding hydrogens is 382 g/mol. The zero-order chi connectivity index (χ0) is 22.0. The first-order valence-corrected chi connectivity index (χ1v) is 10.8. The molecule has 166 valence electrons. The minimum absolute atomic E-state index is 0.0668. The first kappa shape index (κ1) is 23.7. The normalized spacial score (nSPS) is 14.4. The number of amides is 3. The number of nitrogens with zero attached hydrogens (tertiary/aromatic N) is 2. The molecule has 1 heterocycles. The lowest BCUT2D eigenvalue weighted by atomic mass is 10.1. The first-order chi connectivity index (χ1) is 14.2. The number of carbonyl (C=O) groups is 3. The van der Waals surface area contributed by atoms with E-state index in [0.29, 0.717) is 52.0 Å². The molecule has 0 aromatic heterocycles. The van der Waals surface area contributed by atoms with Crippen LogP contribution in [0.3, 0.4) is 0 Å². The third-order valence-electron chi connectivity index (χ3n) is 4.92. The molecule has 1 aromatic rings. The van der Waals surface area contributed by atoms with Gasteiger partial charge in [0.2, 0.25) is 11.8 Å². The van der Waals surface area contributed by atoms with Crippen LogP contribution in [0.1, 0.15) is 52.0 Å². The molecule has 0 unspecified atom stereocenters. The number of alkyl carbamates (subject to hydrolysis) is 1. The fourth-order valence-electron chi connectivity index (χ4n) is 3.35. The van der Waals surface area contributed by atoms with Crippen molar-refractivity contribution in [1.82, 2.24) is 15.1 Å². The van der Waals surface area contributed by atoms with E-state index in [2.05, 4.69) is 17.4 Å². The van der Waals surface area contributed by atoms with Gasteiger partial charge in [-0.1, -0.05) is 30.3 Å². The zero-order valence-corrected chi connectivity index (χ0v) is 18.5. The van der Waals surface area contributed by atoms with Crippen molar-refractivity contribution in [1.29, 1.82) is 0 Å². The van der Waals surface area contributed by atoms with Crippen LogP contribution < -0.4 is 5.32 Å². The summed E-state index contributed by atoms with van der Waals surface area (Å²) in [4.78, 5) is 40.0. The van der Waals surface area contributed by atoms with E-state index < -0.39 is 11.7 Å². The van der Waals surface area contributed by atoms with Crippen molar-refractivity contribution in [2.75, 3.05) is 32.7 Å². The lowest BCUT2D eigenvalue weighted by molar-refractivity contribution is -0.139. The monoisotopic (exact) mass is 417 g/mol. The van der Waals surface area contributed by atoms with E-state index in [1.54, 1.807) is 4.90 Å². The maximum absolute atomic E-state index is 12.4. The SMILES string of the molecule is CC(C)(C)OC(=O)NCCCC(=O)N1CCN(C(=O)CCCc2ccccc2)CC1. The van der Waals surface area contributed by atoms with Crippen molar-refractivity contribution < 1.29 is 19.1 Å². The van der Waals surface area contributed by atoms with Gasteiger partial charge in [-0.15, -0.1) is 0 Å². The van der Waals surface area contributed by atoms with Gasteiger partial charge in [0.25, 0.3) is 0 Å². The van der Waals surface area contributed by atoms with Gasteiger partial charge in [-0.3, -0.25) is 9.59 Å². The molecule has 7 nitrogen and oxygen atoms in total. The lowest BCUT2D eigenvalue weighted by Crippen LogP contribution is -2.50. The first-order valence-electron chi connectivity index (χ1n) is 10.8. The Morgan fingerprint density at radius 3 is 1.97 bits per heavy atom. The number of rotatable bonds is 8. The smallest absolute Gasteiger partial charge is 0.407 e. The number of carbonyl (C=O) groups excluding carboxylic acids is 3.